The molecule has 0 N–H and O–H groups in total. The monoisotopic (exact) mass is 588 g/mol. The van der Waals surface area contributed by atoms with E-state index in [0.29, 0.717) is 34.2 Å². The van der Waals surface area contributed by atoms with Crippen molar-refractivity contribution in [3.05, 3.63) is 133 Å². The number of benzene rings is 6. The molecular formula is C34H22O6P2. The first-order valence-corrected chi connectivity index (χ1v) is 15.6. The van der Waals surface area contributed by atoms with Crippen molar-refractivity contribution in [2.24, 2.45) is 0 Å². The van der Waals surface area contributed by atoms with Gasteiger partial charge < -0.3 is 26.5 Å². The van der Waals surface area contributed by atoms with Gasteiger partial charge in [-0.25, -0.2) is 0 Å². The predicted molar refractivity (Wildman–Crippen MR) is 167 cm³/mol. The molecule has 0 spiro atoms. The summed E-state index contributed by atoms with van der Waals surface area (Å²) in [7, 11) is -3.56. The second-order valence-electron chi connectivity index (χ2n) is 9.59. The summed E-state index contributed by atoms with van der Waals surface area (Å²) in [4.78, 5) is 0. The third-order valence-electron chi connectivity index (χ3n) is 6.98. The van der Waals surface area contributed by atoms with E-state index in [9.17, 15) is 0 Å². The maximum absolute atomic E-state index is 6.52. The molecule has 1 aromatic heterocycles. The van der Waals surface area contributed by atoms with E-state index in [4.69, 9.17) is 26.5 Å². The standard InChI is InChI=1S/C34H22O6P2/c1-2-12-24(13-3-1)35-41-39-32-20-10-11-23-21-22-28(34(40-41)33(23)32)27-16-6-9-19-31(27)38-42-36-29-17-7-4-14-25(29)26-15-5-8-18-30(26)37-42/h1-22H. The molecule has 6 nitrogen and oxygen atoms in total. The first-order valence-electron chi connectivity index (χ1n) is 13.4. The van der Waals surface area contributed by atoms with Crippen LogP contribution in [-0.2, 0) is 0 Å². The zero-order valence-corrected chi connectivity index (χ0v) is 23.8. The van der Waals surface area contributed by atoms with Crippen LogP contribution in [0.15, 0.2) is 142 Å². The molecule has 0 saturated heterocycles. The lowest BCUT2D eigenvalue weighted by Gasteiger charge is -2.26. The first-order chi connectivity index (χ1) is 20.8. The molecule has 1 aliphatic rings. The number of hydrogen-bond acceptors (Lipinski definition) is 6. The summed E-state index contributed by atoms with van der Waals surface area (Å²) in [6.07, 6.45) is 0. The molecular weight excluding hydrogens is 566 g/mol. The minimum Gasteiger partial charge on any atom is -0.409 e. The van der Waals surface area contributed by atoms with Gasteiger partial charge in [0.25, 0.3) is 0 Å². The summed E-state index contributed by atoms with van der Waals surface area (Å²) in [6, 6.07) is 43.2. The highest BCUT2D eigenvalue weighted by Crippen LogP contribution is 2.56. The van der Waals surface area contributed by atoms with Crippen molar-refractivity contribution in [2.45, 2.75) is 0 Å². The first kappa shape index (κ1) is 24.9. The Morgan fingerprint density at radius 1 is 0.500 bits per heavy atom. The molecule has 204 valence electrons. The van der Waals surface area contributed by atoms with Gasteiger partial charge in [0, 0.05) is 21.9 Å². The lowest BCUT2D eigenvalue weighted by Crippen LogP contribution is -2.08. The minimum absolute atomic E-state index is 0.608. The van der Waals surface area contributed by atoms with Gasteiger partial charge in [-0.1, -0.05) is 91.0 Å². The number of para-hydroxylation sites is 4. The molecule has 8 rings (SSSR count). The summed E-state index contributed by atoms with van der Waals surface area (Å²) >= 11 is 0. The summed E-state index contributed by atoms with van der Waals surface area (Å²) in [6.45, 7) is 0. The Balaban J connectivity index is 1.25. The van der Waals surface area contributed by atoms with Gasteiger partial charge in [-0.05, 0) is 47.9 Å². The Labute approximate surface area is 243 Å². The fraction of sp³-hybridized carbons (Fsp3) is 0. The molecule has 0 amide bonds. The lowest BCUT2D eigenvalue weighted by atomic mass is 9.98. The van der Waals surface area contributed by atoms with E-state index < -0.39 is 16.8 Å². The Morgan fingerprint density at radius 3 is 1.98 bits per heavy atom. The molecule has 1 unspecified atom stereocenters. The maximum atomic E-state index is 6.52. The van der Waals surface area contributed by atoms with E-state index in [0.717, 1.165) is 32.7 Å². The van der Waals surface area contributed by atoms with Crippen molar-refractivity contribution < 1.29 is 26.5 Å². The van der Waals surface area contributed by atoms with Crippen LogP contribution < -0.4 is 18.1 Å². The number of rotatable bonds is 5. The van der Waals surface area contributed by atoms with E-state index in [1.165, 1.54) is 0 Å². The molecule has 0 saturated carbocycles. The van der Waals surface area contributed by atoms with Gasteiger partial charge in [-0.2, -0.15) is 0 Å². The second kappa shape index (κ2) is 10.5. The molecule has 0 fully saturated rings. The fourth-order valence-electron chi connectivity index (χ4n) is 5.08. The average Bonchev–Trinajstić information content (AvgIpc) is 3.19. The van der Waals surface area contributed by atoms with Crippen LogP contribution in [0.2, 0.25) is 0 Å². The summed E-state index contributed by atoms with van der Waals surface area (Å²) in [5, 5.41) is 3.81. The van der Waals surface area contributed by atoms with Gasteiger partial charge in [-0.15, -0.1) is 0 Å². The zero-order chi connectivity index (χ0) is 27.9. The van der Waals surface area contributed by atoms with Gasteiger partial charge >= 0.3 is 16.8 Å². The van der Waals surface area contributed by atoms with Crippen LogP contribution in [0.3, 0.4) is 0 Å². The Kier molecular flexibility index (Phi) is 6.22. The van der Waals surface area contributed by atoms with E-state index in [2.05, 4.69) is 6.07 Å². The number of fused-ring (bicyclic) bond motifs is 3. The topological polar surface area (TPSA) is 63.2 Å². The van der Waals surface area contributed by atoms with Crippen molar-refractivity contribution in [2.75, 3.05) is 0 Å². The number of hydrogen-bond donors (Lipinski definition) is 0. The van der Waals surface area contributed by atoms with Crippen LogP contribution >= 0.6 is 16.8 Å². The summed E-state index contributed by atoms with van der Waals surface area (Å²) in [5.74, 6) is 2.67. The fourth-order valence-corrected chi connectivity index (χ4v) is 7.21. The molecule has 1 aliphatic heterocycles. The molecule has 8 heteroatoms. The smallest absolute Gasteiger partial charge is 0.409 e. The summed E-state index contributed by atoms with van der Waals surface area (Å²) < 4.78 is 37.9. The van der Waals surface area contributed by atoms with Crippen molar-refractivity contribution in [3.8, 4) is 34.1 Å². The lowest BCUT2D eigenvalue weighted by molar-refractivity contribution is 0.381. The molecule has 0 bridgehead atoms. The van der Waals surface area contributed by atoms with Gasteiger partial charge in [0.2, 0.25) is 0 Å². The van der Waals surface area contributed by atoms with E-state index >= 15 is 0 Å². The van der Waals surface area contributed by atoms with Crippen LogP contribution in [0.5, 0.6) is 23.0 Å². The van der Waals surface area contributed by atoms with Crippen LogP contribution in [0, 0.1) is 0 Å². The highest BCUT2D eigenvalue weighted by atomic mass is 31.2. The molecule has 1 atom stereocenters. The van der Waals surface area contributed by atoms with Crippen LogP contribution in [0.4, 0.5) is 0 Å². The van der Waals surface area contributed by atoms with Gasteiger partial charge in [-0.3, -0.25) is 0 Å². The largest absolute Gasteiger partial charge is 0.530 e. The van der Waals surface area contributed by atoms with E-state index in [1.54, 1.807) is 0 Å². The van der Waals surface area contributed by atoms with Crippen molar-refractivity contribution in [3.63, 3.8) is 0 Å². The van der Waals surface area contributed by atoms with Crippen LogP contribution in [0.1, 0.15) is 0 Å². The highest BCUT2D eigenvalue weighted by Gasteiger charge is 2.31. The molecule has 2 heterocycles. The van der Waals surface area contributed by atoms with E-state index in [1.807, 2.05) is 127 Å². The molecule has 42 heavy (non-hydrogen) atoms. The quantitative estimate of drug-likeness (QED) is 0.186. The predicted octanol–water partition coefficient (Wildman–Crippen LogP) is 11.0. The normalized spacial score (nSPS) is 13.9. The molecule has 6 aromatic carbocycles. The zero-order valence-electron chi connectivity index (χ0n) is 22.0. The van der Waals surface area contributed by atoms with E-state index in [-0.39, 0.29) is 0 Å². The maximum Gasteiger partial charge on any atom is 0.530 e. The van der Waals surface area contributed by atoms with Crippen molar-refractivity contribution in [1.82, 2.24) is 0 Å². The molecule has 0 radical (unpaired) electrons. The third kappa shape index (κ3) is 4.52. The van der Waals surface area contributed by atoms with Crippen molar-refractivity contribution in [1.29, 1.82) is 0 Å². The van der Waals surface area contributed by atoms with Gasteiger partial charge in [0.05, 0.1) is 5.39 Å². The molecule has 7 aromatic rings. The average molecular weight is 588 g/mol. The Morgan fingerprint density at radius 2 is 1.19 bits per heavy atom. The van der Waals surface area contributed by atoms with Crippen LogP contribution in [0.25, 0.3) is 43.8 Å². The third-order valence-corrected chi connectivity index (χ3v) is 9.06. The Bertz CT molecular complexity index is 2070. The van der Waals surface area contributed by atoms with Crippen LogP contribution in [-0.4, -0.2) is 0 Å². The highest BCUT2D eigenvalue weighted by molar-refractivity contribution is 7.43. The van der Waals surface area contributed by atoms with Gasteiger partial charge in [0.15, 0.2) is 0 Å². The molecule has 0 aliphatic carbocycles. The van der Waals surface area contributed by atoms with Gasteiger partial charge in [0.1, 0.15) is 34.2 Å². The van der Waals surface area contributed by atoms with Crippen molar-refractivity contribution >= 4 is 49.6 Å². The SMILES string of the molecule is c1ccc(OP2Oc3cccc4ccc(-c5ccccc5Op5oc6ccccc6c6ccccc6o5)c(c34)O2)cc1. The minimum atomic E-state index is -1.82. The summed E-state index contributed by atoms with van der Waals surface area (Å²) in [5.41, 5.74) is 3.10. The second-order valence-corrected chi connectivity index (χ2v) is 11.6. The Hall–Kier alpha value is -4.89.